The van der Waals surface area contributed by atoms with E-state index < -0.39 is 17.6 Å². The number of hydrogen-bond donors (Lipinski definition) is 1. The minimum atomic E-state index is -0.996. The quantitative estimate of drug-likeness (QED) is 0.207. The highest BCUT2D eigenvalue weighted by Crippen LogP contribution is 2.27. The Morgan fingerprint density at radius 3 is 2.61 bits per heavy atom. The molecule has 2 aromatic carbocycles. The van der Waals surface area contributed by atoms with E-state index in [0.29, 0.717) is 13.1 Å². The fourth-order valence-electron chi connectivity index (χ4n) is 5.33. The number of nitrogens with zero attached hydrogens (tertiary/aromatic N) is 4. The molecule has 230 valence electrons. The molecular weight excluding hydrogens is 594 g/mol. The molecule has 1 N–H and O–H groups in total. The summed E-state index contributed by atoms with van der Waals surface area (Å²) in [5.41, 5.74) is 2.82. The zero-order valence-electron chi connectivity index (χ0n) is 23.8. The first-order valence-electron chi connectivity index (χ1n) is 14.4. The third-order valence-electron chi connectivity index (χ3n) is 7.80. The maximum absolute atomic E-state index is 14.4. The van der Waals surface area contributed by atoms with Crippen molar-refractivity contribution in [2.75, 3.05) is 19.7 Å². The van der Waals surface area contributed by atoms with Gasteiger partial charge in [-0.3, -0.25) is 4.90 Å². The Hall–Kier alpha value is -4.06. The summed E-state index contributed by atoms with van der Waals surface area (Å²) in [5.74, 6) is -1.29. The molecule has 9 nitrogen and oxygen atoms in total. The van der Waals surface area contributed by atoms with Gasteiger partial charge in [-0.05, 0) is 61.2 Å². The lowest BCUT2D eigenvalue weighted by molar-refractivity contribution is -0.131. The molecule has 0 spiro atoms. The summed E-state index contributed by atoms with van der Waals surface area (Å²) in [4.78, 5) is 22.4. The maximum atomic E-state index is 14.4. The van der Waals surface area contributed by atoms with Gasteiger partial charge in [-0.15, -0.1) is 0 Å². The van der Waals surface area contributed by atoms with Gasteiger partial charge < -0.3 is 23.9 Å². The Kier molecular flexibility index (Phi) is 9.06. The van der Waals surface area contributed by atoms with Crippen molar-refractivity contribution in [1.82, 2.24) is 19.4 Å². The number of aliphatic carboxylic acids is 1. The van der Waals surface area contributed by atoms with Crippen molar-refractivity contribution in [2.24, 2.45) is 0 Å². The van der Waals surface area contributed by atoms with Crippen LogP contribution in [-0.4, -0.2) is 62.4 Å². The summed E-state index contributed by atoms with van der Waals surface area (Å²) in [5, 5.41) is 9.28. The Bertz CT molecular complexity index is 1680. The average molecular weight is 625 g/mol. The molecule has 44 heavy (non-hydrogen) atoms. The average Bonchev–Trinajstić information content (AvgIpc) is 3.31. The zero-order valence-corrected chi connectivity index (χ0v) is 24.6. The first-order chi connectivity index (χ1) is 21.3. The highest BCUT2D eigenvalue weighted by molar-refractivity contribution is 6.30. The van der Waals surface area contributed by atoms with Crippen LogP contribution in [0.3, 0.4) is 0 Å². The molecule has 2 saturated heterocycles. The molecule has 1 atom stereocenters. The lowest BCUT2D eigenvalue weighted by Gasteiger charge is -2.32. The number of likely N-dealkylation sites (tertiary alicyclic amines) is 1. The van der Waals surface area contributed by atoms with E-state index in [0.717, 1.165) is 67.5 Å². The minimum absolute atomic E-state index is 0.114. The van der Waals surface area contributed by atoms with Gasteiger partial charge in [0.1, 0.15) is 24.4 Å². The standard InChI is InChI=1S/C32H31ClF2N4O5/c33-22-4-3-21(26(35)16-22)19-43-32-25(34)5-7-30(37-32)44-23-9-12-38(13-10-23)18-29-36-27-6-1-20(2-8-31(40)41)15-28(27)39(29)17-24-11-14-42-24/h1-8,15-16,23-24H,9-14,17-19H2,(H,40,41)/b8-2+. The molecule has 0 amide bonds. The largest absolute Gasteiger partial charge is 0.478 e. The number of aromatic nitrogens is 3. The monoisotopic (exact) mass is 624 g/mol. The van der Waals surface area contributed by atoms with Crippen LogP contribution in [0.4, 0.5) is 8.78 Å². The first-order valence-corrected chi connectivity index (χ1v) is 14.8. The van der Waals surface area contributed by atoms with Crippen molar-refractivity contribution < 1.29 is 32.9 Å². The van der Waals surface area contributed by atoms with Gasteiger partial charge in [0, 0.05) is 42.4 Å². The van der Waals surface area contributed by atoms with Crippen molar-refractivity contribution in [3.8, 4) is 11.8 Å². The van der Waals surface area contributed by atoms with Crippen molar-refractivity contribution in [3.63, 3.8) is 0 Å². The number of carboxylic acids is 1. The van der Waals surface area contributed by atoms with Gasteiger partial charge in [-0.1, -0.05) is 23.7 Å². The van der Waals surface area contributed by atoms with E-state index >= 15 is 0 Å². The van der Waals surface area contributed by atoms with Crippen molar-refractivity contribution in [2.45, 2.75) is 51.2 Å². The molecule has 0 saturated carbocycles. The van der Waals surface area contributed by atoms with Gasteiger partial charge in [-0.2, -0.15) is 4.98 Å². The van der Waals surface area contributed by atoms with Gasteiger partial charge in [0.2, 0.25) is 5.88 Å². The summed E-state index contributed by atoms with van der Waals surface area (Å²) in [6.07, 6.45) is 5.18. The number of carboxylic acid groups (broad SMARTS) is 1. The fraction of sp³-hybridized carbons (Fsp3) is 0.344. The number of pyridine rings is 1. The van der Waals surface area contributed by atoms with Crippen molar-refractivity contribution in [1.29, 1.82) is 0 Å². The van der Waals surface area contributed by atoms with Crippen LogP contribution in [0.2, 0.25) is 5.02 Å². The van der Waals surface area contributed by atoms with Crippen LogP contribution in [0, 0.1) is 11.6 Å². The number of fused-ring (bicyclic) bond motifs is 1. The molecular formula is C32H31ClF2N4O5. The molecule has 2 aliphatic rings. The second-order valence-corrected chi connectivity index (χ2v) is 11.3. The Labute approximate surface area is 257 Å². The number of benzene rings is 2. The van der Waals surface area contributed by atoms with Crippen molar-refractivity contribution in [3.05, 3.63) is 88.2 Å². The van der Waals surface area contributed by atoms with Crippen LogP contribution in [0.25, 0.3) is 17.1 Å². The Morgan fingerprint density at radius 2 is 1.89 bits per heavy atom. The molecule has 12 heteroatoms. The topological polar surface area (TPSA) is 98.9 Å². The molecule has 6 rings (SSSR count). The highest BCUT2D eigenvalue weighted by Gasteiger charge is 2.26. The molecule has 0 radical (unpaired) electrons. The van der Waals surface area contributed by atoms with Gasteiger partial charge in [-0.25, -0.2) is 18.6 Å². The van der Waals surface area contributed by atoms with E-state index in [1.165, 1.54) is 30.3 Å². The third-order valence-corrected chi connectivity index (χ3v) is 8.04. The summed E-state index contributed by atoms with van der Waals surface area (Å²) < 4.78 is 47.9. The third kappa shape index (κ3) is 7.18. The molecule has 0 aliphatic carbocycles. The molecule has 1 unspecified atom stereocenters. The van der Waals surface area contributed by atoms with E-state index in [9.17, 15) is 13.6 Å². The predicted octanol–water partition coefficient (Wildman–Crippen LogP) is 5.87. The first kappa shape index (κ1) is 30.0. The molecule has 2 aliphatic heterocycles. The maximum Gasteiger partial charge on any atom is 0.328 e. The number of rotatable bonds is 11. The molecule has 2 fully saturated rings. The van der Waals surface area contributed by atoms with Gasteiger partial charge in [0.05, 0.1) is 30.2 Å². The molecule has 4 aromatic rings. The van der Waals surface area contributed by atoms with E-state index in [2.05, 4.69) is 14.5 Å². The number of imidazole rings is 1. The van der Waals surface area contributed by atoms with Crippen molar-refractivity contribution >= 4 is 34.7 Å². The molecule has 4 heterocycles. The molecule has 2 aromatic heterocycles. The second-order valence-electron chi connectivity index (χ2n) is 10.9. The van der Waals surface area contributed by atoms with E-state index in [4.69, 9.17) is 35.9 Å². The zero-order chi connectivity index (χ0) is 30.6. The van der Waals surface area contributed by atoms with E-state index in [1.807, 2.05) is 18.2 Å². The second kappa shape index (κ2) is 13.3. The van der Waals surface area contributed by atoms with Crippen LogP contribution < -0.4 is 9.47 Å². The number of carbonyl (C=O) groups is 1. The smallest absolute Gasteiger partial charge is 0.328 e. The normalized spacial score (nSPS) is 17.7. The van der Waals surface area contributed by atoms with Crippen LogP contribution in [0.5, 0.6) is 11.8 Å². The summed E-state index contributed by atoms with van der Waals surface area (Å²) >= 11 is 5.80. The summed E-state index contributed by atoms with van der Waals surface area (Å²) in [7, 11) is 0. The van der Waals surface area contributed by atoms with Crippen LogP contribution in [0.15, 0.2) is 54.6 Å². The molecule has 0 bridgehead atoms. The lowest BCUT2D eigenvalue weighted by Crippen LogP contribution is -2.39. The van der Waals surface area contributed by atoms with Gasteiger partial charge in [0.15, 0.2) is 5.82 Å². The number of halogens is 3. The highest BCUT2D eigenvalue weighted by atomic mass is 35.5. The predicted molar refractivity (Wildman–Crippen MR) is 160 cm³/mol. The minimum Gasteiger partial charge on any atom is -0.478 e. The van der Waals surface area contributed by atoms with Gasteiger partial charge >= 0.3 is 5.97 Å². The van der Waals surface area contributed by atoms with E-state index in [1.54, 1.807) is 6.08 Å². The number of ether oxygens (including phenoxy) is 3. The summed E-state index contributed by atoms with van der Waals surface area (Å²) in [6, 6.07) is 12.6. The fourth-order valence-corrected chi connectivity index (χ4v) is 5.49. The number of piperidine rings is 1. The van der Waals surface area contributed by atoms with Crippen LogP contribution in [-0.2, 0) is 29.2 Å². The van der Waals surface area contributed by atoms with Crippen LogP contribution >= 0.6 is 11.6 Å². The Balaban J connectivity index is 1.08. The number of hydrogen-bond acceptors (Lipinski definition) is 7. The van der Waals surface area contributed by atoms with Gasteiger partial charge in [0.25, 0.3) is 5.88 Å². The Morgan fingerprint density at radius 1 is 1.07 bits per heavy atom. The SMILES string of the molecule is O=C(O)/C=C/c1ccc2nc(CN3CCC(Oc4ccc(F)c(OCc5ccc(Cl)cc5F)n4)CC3)n(CC3CCO3)c2c1. The lowest BCUT2D eigenvalue weighted by atomic mass is 10.1. The summed E-state index contributed by atoms with van der Waals surface area (Å²) in [6.45, 7) is 3.41. The van der Waals surface area contributed by atoms with E-state index in [-0.39, 0.29) is 41.2 Å². The van der Waals surface area contributed by atoms with Crippen LogP contribution in [0.1, 0.15) is 36.2 Å².